The predicted octanol–water partition coefficient (Wildman–Crippen LogP) is 1.60. The van der Waals surface area contributed by atoms with E-state index in [-0.39, 0.29) is 23.9 Å². The van der Waals surface area contributed by atoms with Gasteiger partial charge in [-0.2, -0.15) is 0 Å². The first kappa shape index (κ1) is 15.4. The topological polar surface area (TPSA) is 55.6 Å². The van der Waals surface area contributed by atoms with Crippen LogP contribution in [-0.2, 0) is 22.5 Å². The Labute approximate surface area is 128 Å². The van der Waals surface area contributed by atoms with Crippen LogP contribution in [0.15, 0.2) is 12.1 Å². The van der Waals surface area contributed by atoms with Gasteiger partial charge in [-0.15, -0.1) is 0 Å². The molecule has 1 atom stereocenters. The zero-order valence-electron chi connectivity index (χ0n) is 12.4. The van der Waals surface area contributed by atoms with E-state index >= 15 is 0 Å². The van der Waals surface area contributed by atoms with Crippen LogP contribution < -0.4 is 5.73 Å². The highest BCUT2D eigenvalue weighted by Crippen LogP contribution is 2.26. The number of ether oxygens (including phenoxy) is 1. The summed E-state index contributed by atoms with van der Waals surface area (Å²) in [6, 6.07) is 1.65. The fourth-order valence-electron chi connectivity index (χ4n) is 3.27. The lowest BCUT2D eigenvalue weighted by atomic mass is 9.90. The number of nitrogens with zero attached hydrogens (tertiary/aromatic N) is 1. The van der Waals surface area contributed by atoms with Crippen LogP contribution in [0.2, 0.25) is 0 Å². The van der Waals surface area contributed by atoms with E-state index < -0.39 is 17.7 Å². The van der Waals surface area contributed by atoms with Gasteiger partial charge in [-0.05, 0) is 42.9 Å². The van der Waals surface area contributed by atoms with Crippen molar-refractivity contribution in [1.82, 2.24) is 4.90 Å². The second-order valence-corrected chi connectivity index (χ2v) is 5.97. The highest BCUT2D eigenvalue weighted by molar-refractivity contribution is 5.82. The molecule has 22 heavy (non-hydrogen) atoms. The average Bonchev–Trinajstić information content (AvgIpc) is 2.57. The second kappa shape index (κ2) is 6.30. The van der Waals surface area contributed by atoms with E-state index in [4.69, 9.17) is 10.5 Å². The van der Waals surface area contributed by atoms with Crippen molar-refractivity contribution in [3.8, 4) is 0 Å². The normalized spacial score (nSPS) is 20.6. The highest BCUT2D eigenvalue weighted by atomic mass is 19.1. The highest BCUT2D eigenvalue weighted by Gasteiger charge is 2.32. The number of hydrogen-bond donors (Lipinski definition) is 1. The molecule has 2 heterocycles. The maximum absolute atomic E-state index is 13.9. The van der Waals surface area contributed by atoms with E-state index in [9.17, 15) is 13.6 Å². The molecule has 1 aromatic carbocycles. The van der Waals surface area contributed by atoms with Crippen molar-refractivity contribution in [2.24, 2.45) is 11.7 Å². The third kappa shape index (κ3) is 2.85. The first-order chi connectivity index (χ1) is 10.6. The van der Waals surface area contributed by atoms with Crippen molar-refractivity contribution in [2.75, 3.05) is 19.8 Å². The van der Waals surface area contributed by atoms with Crippen molar-refractivity contribution in [1.29, 1.82) is 0 Å². The first-order valence-electron chi connectivity index (χ1n) is 7.66. The molecule has 0 bridgehead atoms. The summed E-state index contributed by atoms with van der Waals surface area (Å²) in [6.45, 7) is 1.71. The third-order valence-corrected chi connectivity index (χ3v) is 4.67. The number of amides is 1. The molecule has 2 aliphatic heterocycles. The molecule has 2 N–H and O–H groups in total. The first-order valence-corrected chi connectivity index (χ1v) is 7.66. The van der Waals surface area contributed by atoms with E-state index in [0.717, 1.165) is 25.0 Å². The molecule has 0 aliphatic carbocycles. The third-order valence-electron chi connectivity index (χ3n) is 4.67. The molecule has 1 aromatic rings. The summed E-state index contributed by atoms with van der Waals surface area (Å²) in [7, 11) is 0. The zero-order valence-corrected chi connectivity index (χ0v) is 12.4. The molecule has 1 unspecified atom stereocenters. The molecule has 0 radical (unpaired) electrons. The molecule has 1 fully saturated rings. The molecular weight excluding hydrogens is 290 g/mol. The van der Waals surface area contributed by atoms with Gasteiger partial charge in [0.15, 0.2) is 0 Å². The lowest BCUT2D eigenvalue weighted by molar-refractivity contribution is -0.135. The second-order valence-electron chi connectivity index (χ2n) is 5.97. The molecule has 3 rings (SSSR count). The largest absolute Gasteiger partial charge is 0.381 e. The summed E-state index contributed by atoms with van der Waals surface area (Å²) in [4.78, 5) is 14.1. The van der Waals surface area contributed by atoms with Gasteiger partial charge in [0.1, 0.15) is 11.6 Å². The molecule has 4 nitrogen and oxygen atoms in total. The van der Waals surface area contributed by atoms with Gasteiger partial charge in [0.2, 0.25) is 5.91 Å². The van der Waals surface area contributed by atoms with Gasteiger partial charge in [-0.1, -0.05) is 0 Å². The fourth-order valence-corrected chi connectivity index (χ4v) is 3.27. The van der Waals surface area contributed by atoms with Crippen LogP contribution >= 0.6 is 0 Å². The van der Waals surface area contributed by atoms with Crippen molar-refractivity contribution in [3.05, 3.63) is 34.9 Å². The number of carbonyl (C=O) groups is 1. The van der Waals surface area contributed by atoms with E-state index in [1.54, 1.807) is 4.90 Å². The van der Waals surface area contributed by atoms with Gasteiger partial charge >= 0.3 is 0 Å². The molecule has 0 aromatic heterocycles. The Morgan fingerprint density at radius 3 is 2.55 bits per heavy atom. The Kier molecular flexibility index (Phi) is 4.40. The number of halogens is 2. The fraction of sp³-hybridized carbons (Fsp3) is 0.562. The van der Waals surface area contributed by atoms with Crippen LogP contribution in [0.3, 0.4) is 0 Å². The summed E-state index contributed by atoms with van der Waals surface area (Å²) in [5.74, 6) is -0.952. The van der Waals surface area contributed by atoms with Crippen LogP contribution in [0, 0.1) is 17.6 Å². The number of fused-ring (bicyclic) bond motifs is 1. The van der Waals surface area contributed by atoms with Gasteiger partial charge < -0.3 is 15.4 Å². The SMILES string of the molecule is NC(C(=O)N1CCc2c(F)ccc(F)c2C1)C1CCOCC1. The summed E-state index contributed by atoms with van der Waals surface area (Å²) in [5.41, 5.74) is 6.75. The Morgan fingerprint density at radius 1 is 1.23 bits per heavy atom. The maximum atomic E-state index is 13.9. The Hall–Kier alpha value is -1.53. The minimum absolute atomic E-state index is 0.0919. The van der Waals surface area contributed by atoms with Gasteiger partial charge in [0, 0.05) is 31.9 Å². The molecule has 2 aliphatic rings. The average molecular weight is 310 g/mol. The van der Waals surface area contributed by atoms with Crippen LogP contribution in [0.5, 0.6) is 0 Å². The van der Waals surface area contributed by atoms with Gasteiger partial charge in [-0.25, -0.2) is 8.78 Å². The smallest absolute Gasteiger partial charge is 0.240 e. The molecule has 0 spiro atoms. The number of benzene rings is 1. The van der Waals surface area contributed by atoms with Crippen molar-refractivity contribution in [3.63, 3.8) is 0 Å². The molecular formula is C16H20F2N2O2. The maximum Gasteiger partial charge on any atom is 0.240 e. The summed E-state index contributed by atoms with van der Waals surface area (Å²) >= 11 is 0. The van der Waals surface area contributed by atoms with Crippen LogP contribution in [-0.4, -0.2) is 36.6 Å². The molecule has 1 saturated heterocycles. The Morgan fingerprint density at radius 2 is 1.86 bits per heavy atom. The lowest BCUT2D eigenvalue weighted by Crippen LogP contribution is -2.50. The number of rotatable bonds is 2. The van der Waals surface area contributed by atoms with Gasteiger partial charge in [-0.3, -0.25) is 4.79 Å². The monoisotopic (exact) mass is 310 g/mol. The molecule has 1 amide bonds. The van der Waals surface area contributed by atoms with Crippen LogP contribution in [0.1, 0.15) is 24.0 Å². The van der Waals surface area contributed by atoms with Crippen LogP contribution in [0.4, 0.5) is 8.78 Å². The molecule has 120 valence electrons. The minimum atomic E-state index is -0.595. The Bertz CT molecular complexity index is 574. The summed E-state index contributed by atoms with van der Waals surface area (Å²) in [6.07, 6.45) is 1.85. The number of hydrogen-bond acceptors (Lipinski definition) is 3. The lowest BCUT2D eigenvalue weighted by Gasteiger charge is -2.34. The molecule has 0 saturated carbocycles. The summed E-state index contributed by atoms with van der Waals surface area (Å²) in [5, 5.41) is 0. The minimum Gasteiger partial charge on any atom is -0.381 e. The number of carbonyl (C=O) groups excluding carboxylic acids is 1. The quantitative estimate of drug-likeness (QED) is 0.903. The molecule has 6 heteroatoms. The summed E-state index contributed by atoms with van der Waals surface area (Å²) < 4.78 is 32.9. The van der Waals surface area contributed by atoms with Gasteiger partial charge in [0.05, 0.1) is 6.04 Å². The standard InChI is InChI=1S/C16H20F2N2O2/c17-13-1-2-14(18)12-9-20(6-3-11(12)13)16(21)15(19)10-4-7-22-8-5-10/h1-2,10,15H,3-9,19H2. The zero-order chi connectivity index (χ0) is 15.7. The van der Waals surface area contributed by atoms with Crippen molar-refractivity contribution < 1.29 is 18.3 Å². The van der Waals surface area contributed by atoms with E-state index in [1.807, 2.05) is 0 Å². The predicted molar refractivity (Wildman–Crippen MR) is 77.0 cm³/mol. The number of nitrogens with two attached hydrogens (primary N) is 1. The van der Waals surface area contributed by atoms with Crippen molar-refractivity contribution in [2.45, 2.75) is 31.8 Å². The Balaban J connectivity index is 1.73. The van der Waals surface area contributed by atoms with Crippen LogP contribution in [0.25, 0.3) is 0 Å². The van der Waals surface area contributed by atoms with E-state index in [0.29, 0.717) is 31.7 Å². The van der Waals surface area contributed by atoms with Crippen molar-refractivity contribution >= 4 is 5.91 Å². The van der Waals surface area contributed by atoms with E-state index in [1.165, 1.54) is 0 Å². The van der Waals surface area contributed by atoms with E-state index in [2.05, 4.69) is 0 Å². The van der Waals surface area contributed by atoms with Gasteiger partial charge in [0.25, 0.3) is 0 Å².